The minimum atomic E-state index is -0.471. The van der Waals surface area contributed by atoms with Crippen molar-refractivity contribution in [1.82, 2.24) is 10.2 Å². The number of esters is 1. The molecular weight excluding hydrogens is 252 g/mol. The minimum absolute atomic E-state index is 0.0982. The van der Waals surface area contributed by atoms with Gasteiger partial charge in [-0.25, -0.2) is 0 Å². The van der Waals surface area contributed by atoms with Crippen LogP contribution in [0.2, 0.25) is 0 Å². The van der Waals surface area contributed by atoms with Crippen molar-refractivity contribution in [1.29, 1.82) is 0 Å². The lowest BCUT2D eigenvalue weighted by Crippen LogP contribution is -2.57. The van der Waals surface area contributed by atoms with Crippen LogP contribution >= 0.6 is 0 Å². The van der Waals surface area contributed by atoms with Crippen molar-refractivity contribution in [3.05, 3.63) is 0 Å². The van der Waals surface area contributed by atoms with Gasteiger partial charge in [-0.15, -0.1) is 0 Å². The Hall–Kier alpha value is -0.610. The highest BCUT2D eigenvalue weighted by Gasteiger charge is 2.43. The summed E-state index contributed by atoms with van der Waals surface area (Å²) in [6.45, 7) is 1.19. The Balaban J connectivity index is 1.95. The van der Waals surface area contributed by atoms with Gasteiger partial charge in [0.15, 0.2) is 0 Å². The summed E-state index contributed by atoms with van der Waals surface area (Å²) in [6, 6.07) is 0.496. The van der Waals surface area contributed by atoms with E-state index in [0.29, 0.717) is 6.04 Å². The number of rotatable bonds is 5. The average molecular weight is 282 g/mol. The number of nitrogens with zero attached hydrogens (tertiary/aromatic N) is 1. The van der Waals surface area contributed by atoms with E-state index < -0.39 is 5.54 Å². The number of likely N-dealkylation sites (N-methyl/N-ethyl adjacent to an activating group) is 1. The van der Waals surface area contributed by atoms with E-state index >= 15 is 0 Å². The molecule has 0 spiro atoms. The molecule has 0 aromatic heterocycles. The first-order chi connectivity index (χ1) is 9.61. The summed E-state index contributed by atoms with van der Waals surface area (Å²) in [4.78, 5) is 14.6. The average Bonchev–Trinajstić information content (AvgIpc) is 2.99. The van der Waals surface area contributed by atoms with Crippen LogP contribution in [0.5, 0.6) is 0 Å². The quantitative estimate of drug-likeness (QED) is 0.785. The predicted molar refractivity (Wildman–Crippen MR) is 80.7 cm³/mol. The van der Waals surface area contributed by atoms with Gasteiger partial charge in [0.05, 0.1) is 7.11 Å². The molecule has 116 valence electrons. The van der Waals surface area contributed by atoms with E-state index in [0.717, 1.165) is 25.2 Å². The van der Waals surface area contributed by atoms with Crippen molar-refractivity contribution in [2.75, 3.05) is 27.7 Å². The zero-order valence-corrected chi connectivity index (χ0v) is 13.3. The van der Waals surface area contributed by atoms with Crippen LogP contribution in [0.4, 0.5) is 0 Å². The van der Waals surface area contributed by atoms with Gasteiger partial charge in [0.1, 0.15) is 5.54 Å². The third-order valence-corrected chi connectivity index (χ3v) is 5.42. The van der Waals surface area contributed by atoms with E-state index in [1.807, 2.05) is 7.05 Å². The van der Waals surface area contributed by atoms with E-state index in [-0.39, 0.29) is 5.97 Å². The molecule has 2 saturated carbocycles. The van der Waals surface area contributed by atoms with Crippen LogP contribution in [0.25, 0.3) is 0 Å². The fourth-order valence-electron chi connectivity index (χ4n) is 4.08. The largest absolute Gasteiger partial charge is 0.468 e. The summed E-state index contributed by atoms with van der Waals surface area (Å²) < 4.78 is 5.03. The topological polar surface area (TPSA) is 41.6 Å². The number of methoxy groups -OCH3 is 1. The molecule has 2 aliphatic rings. The van der Waals surface area contributed by atoms with Gasteiger partial charge in [-0.2, -0.15) is 0 Å². The molecule has 2 fully saturated rings. The first kappa shape index (κ1) is 15.8. The Morgan fingerprint density at radius 2 is 2.00 bits per heavy atom. The summed E-state index contributed by atoms with van der Waals surface area (Å²) in [7, 11) is 5.61. The SMILES string of the molecule is CNC1(C(=O)OC)CCCC(N(C)CC2CCCC2)C1. The van der Waals surface area contributed by atoms with Gasteiger partial charge in [0.2, 0.25) is 0 Å². The lowest BCUT2D eigenvalue weighted by atomic mass is 9.78. The van der Waals surface area contributed by atoms with Crippen LogP contribution < -0.4 is 5.32 Å². The molecule has 0 heterocycles. The second kappa shape index (κ2) is 6.90. The minimum Gasteiger partial charge on any atom is -0.468 e. The van der Waals surface area contributed by atoms with Crippen molar-refractivity contribution in [3.8, 4) is 0 Å². The van der Waals surface area contributed by atoms with Crippen LogP contribution in [-0.2, 0) is 9.53 Å². The Bertz CT molecular complexity index is 328. The van der Waals surface area contributed by atoms with Gasteiger partial charge in [0.25, 0.3) is 0 Å². The number of ether oxygens (including phenoxy) is 1. The molecule has 0 aliphatic heterocycles. The lowest BCUT2D eigenvalue weighted by Gasteiger charge is -2.42. The molecule has 0 aromatic rings. The van der Waals surface area contributed by atoms with Gasteiger partial charge in [0, 0.05) is 12.6 Å². The van der Waals surface area contributed by atoms with Crippen LogP contribution in [0.3, 0.4) is 0 Å². The van der Waals surface area contributed by atoms with E-state index in [1.165, 1.54) is 45.8 Å². The molecule has 2 unspecified atom stereocenters. The Morgan fingerprint density at radius 1 is 1.30 bits per heavy atom. The monoisotopic (exact) mass is 282 g/mol. The van der Waals surface area contributed by atoms with Gasteiger partial charge in [-0.1, -0.05) is 12.8 Å². The summed E-state index contributed by atoms with van der Waals surface area (Å²) >= 11 is 0. The van der Waals surface area contributed by atoms with E-state index in [2.05, 4.69) is 17.3 Å². The zero-order chi connectivity index (χ0) is 14.6. The van der Waals surface area contributed by atoms with Crippen LogP contribution in [0.15, 0.2) is 0 Å². The molecule has 0 amide bonds. The van der Waals surface area contributed by atoms with Gasteiger partial charge < -0.3 is 15.0 Å². The summed E-state index contributed by atoms with van der Waals surface area (Å²) in [6.07, 6.45) is 9.61. The Morgan fingerprint density at radius 3 is 2.60 bits per heavy atom. The highest BCUT2D eigenvalue weighted by atomic mass is 16.5. The first-order valence-electron chi connectivity index (χ1n) is 8.09. The Kier molecular flexibility index (Phi) is 5.44. The standard InChI is InChI=1S/C16H30N2O2/c1-17-16(15(19)20-3)10-6-9-14(11-16)18(2)12-13-7-4-5-8-13/h13-14,17H,4-12H2,1-3H3. The number of hydrogen-bond donors (Lipinski definition) is 1. The molecular formula is C16H30N2O2. The molecule has 2 rings (SSSR count). The maximum Gasteiger partial charge on any atom is 0.326 e. The summed E-state index contributed by atoms with van der Waals surface area (Å²) in [5, 5.41) is 3.25. The number of hydrogen-bond acceptors (Lipinski definition) is 4. The molecule has 2 atom stereocenters. The second-order valence-corrected chi connectivity index (χ2v) is 6.66. The van der Waals surface area contributed by atoms with Crippen molar-refractivity contribution in [3.63, 3.8) is 0 Å². The van der Waals surface area contributed by atoms with Crippen LogP contribution in [0.1, 0.15) is 51.4 Å². The maximum atomic E-state index is 12.1. The third kappa shape index (κ3) is 3.34. The van der Waals surface area contributed by atoms with E-state index in [4.69, 9.17) is 4.74 Å². The molecule has 1 N–H and O–H groups in total. The third-order valence-electron chi connectivity index (χ3n) is 5.42. The molecule has 0 aromatic carbocycles. The molecule has 2 aliphatic carbocycles. The number of nitrogens with one attached hydrogen (secondary N) is 1. The smallest absolute Gasteiger partial charge is 0.326 e. The fourth-order valence-corrected chi connectivity index (χ4v) is 4.08. The molecule has 4 heteroatoms. The molecule has 0 radical (unpaired) electrons. The molecule has 0 saturated heterocycles. The highest BCUT2D eigenvalue weighted by Crippen LogP contribution is 2.33. The number of carbonyl (C=O) groups is 1. The van der Waals surface area contributed by atoms with Crippen molar-refractivity contribution >= 4 is 5.97 Å². The summed E-state index contributed by atoms with van der Waals surface area (Å²) in [5.41, 5.74) is -0.471. The highest BCUT2D eigenvalue weighted by molar-refractivity contribution is 5.81. The summed E-state index contributed by atoms with van der Waals surface area (Å²) in [5.74, 6) is 0.767. The Labute approximate surface area is 123 Å². The van der Waals surface area contributed by atoms with E-state index in [9.17, 15) is 4.79 Å². The van der Waals surface area contributed by atoms with Gasteiger partial charge in [-0.3, -0.25) is 4.79 Å². The fraction of sp³-hybridized carbons (Fsp3) is 0.938. The maximum absolute atomic E-state index is 12.1. The molecule has 20 heavy (non-hydrogen) atoms. The van der Waals surface area contributed by atoms with Crippen molar-refractivity contribution in [2.45, 2.75) is 62.9 Å². The van der Waals surface area contributed by atoms with Gasteiger partial charge in [-0.05, 0) is 58.5 Å². The van der Waals surface area contributed by atoms with Crippen LogP contribution in [0, 0.1) is 5.92 Å². The first-order valence-corrected chi connectivity index (χ1v) is 8.09. The lowest BCUT2D eigenvalue weighted by molar-refractivity contribution is -0.151. The van der Waals surface area contributed by atoms with Crippen molar-refractivity contribution in [2.24, 2.45) is 5.92 Å². The molecule has 4 nitrogen and oxygen atoms in total. The van der Waals surface area contributed by atoms with E-state index in [1.54, 1.807) is 0 Å². The second-order valence-electron chi connectivity index (χ2n) is 6.66. The van der Waals surface area contributed by atoms with Gasteiger partial charge >= 0.3 is 5.97 Å². The normalized spacial score (nSPS) is 31.7. The molecule has 0 bridgehead atoms. The van der Waals surface area contributed by atoms with Crippen LogP contribution in [-0.4, -0.2) is 50.2 Å². The predicted octanol–water partition coefficient (Wildman–Crippen LogP) is 2.18. The number of carbonyl (C=O) groups excluding carboxylic acids is 1. The zero-order valence-electron chi connectivity index (χ0n) is 13.3. The van der Waals surface area contributed by atoms with Crippen molar-refractivity contribution < 1.29 is 9.53 Å².